The lowest BCUT2D eigenvalue weighted by molar-refractivity contribution is -0.254. The van der Waals surface area contributed by atoms with Gasteiger partial charge in [-0.2, -0.15) is 5.26 Å². The highest BCUT2D eigenvalue weighted by Gasteiger charge is 2.10. The summed E-state index contributed by atoms with van der Waals surface area (Å²) in [6.45, 7) is 2.17. The third-order valence-electron chi connectivity index (χ3n) is 4.27. The van der Waals surface area contributed by atoms with Crippen LogP contribution in [-0.2, 0) is 6.42 Å². The summed E-state index contributed by atoms with van der Waals surface area (Å²) < 4.78 is 13.9. The van der Waals surface area contributed by atoms with Gasteiger partial charge in [0.15, 0.2) is 0 Å². The van der Waals surface area contributed by atoms with Crippen molar-refractivity contribution in [3.05, 3.63) is 58.9 Å². The van der Waals surface area contributed by atoms with Crippen molar-refractivity contribution in [2.24, 2.45) is 0 Å². The van der Waals surface area contributed by atoms with Gasteiger partial charge in [0.2, 0.25) is 0 Å². The van der Waals surface area contributed by atoms with E-state index in [1.807, 2.05) is 0 Å². The van der Waals surface area contributed by atoms with Crippen LogP contribution in [0.2, 0.25) is 0 Å². The van der Waals surface area contributed by atoms with Crippen molar-refractivity contribution in [3.8, 4) is 17.2 Å². The Bertz CT molecular complexity index is 793. The maximum absolute atomic E-state index is 13.9. The third-order valence-corrected chi connectivity index (χ3v) is 4.27. The van der Waals surface area contributed by atoms with Crippen LogP contribution in [0.4, 0.5) is 4.39 Å². The van der Waals surface area contributed by atoms with E-state index in [-0.39, 0.29) is 11.1 Å². The number of hydrogen-bond donors (Lipinski definition) is 0. The van der Waals surface area contributed by atoms with Gasteiger partial charge in [-0.05, 0) is 41.7 Å². The van der Waals surface area contributed by atoms with Crippen LogP contribution in [0.3, 0.4) is 0 Å². The fourth-order valence-corrected chi connectivity index (χ4v) is 2.87. The van der Waals surface area contributed by atoms with Crippen molar-refractivity contribution in [2.75, 3.05) is 0 Å². The average molecular weight is 338 g/mol. The Hall–Kier alpha value is -2.67. The molecule has 25 heavy (non-hydrogen) atoms. The molecule has 0 amide bonds. The number of aryl methyl sites for hydroxylation is 1. The first kappa shape index (κ1) is 18.7. The monoisotopic (exact) mass is 338 g/mol. The van der Waals surface area contributed by atoms with Crippen molar-refractivity contribution >= 4 is 5.97 Å². The molecule has 0 aliphatic rings. The van der Waals surface area contributed by atoms with Gasteiger partial charge in [0.1, 0.15) is 11.9 Å². The molecule has 0 saturated heterocycles. The molecule has 0 aromatic heterocycles. The van der Waals surface area contributed by atoms with Crippen molar-refractivity contribution in [3.63, 3.8) is 0 Å². The van der Waals surface area contributed by atoms with E-state index in [1.165, 1.54) is 37.5 Å². The summed E-state index contributed by atoms with van der Waals surface area (Å²) in [7, 11) is 0. The number of halogens is 1. The number of carboxylic acid groups (broad SMARTS) is 1. The highest BCUT2D eigenvalue weighted by molar-refractivity contribution is 5.95. The van der Waals surface area contributed by atoms with Gasteiger partial charge in [-0.1, -0.05) is 56.9 Å². The minimum atomic E-state index is -1.30. The zero-order chi connectivity index (χ0) is 18.2. The van der Waals surface area contributed by atoms with E-state index in [9.17, 15) is 14.3 Å². The van der Waals surface area contributed by atoms with Crippen LogP contribution in [0.5, 0.6) is 0 Å². The summed E-state index contributed by atoms with van der Waals surface area (Å²) in [6, 6.07) is 11.0. The molecule has 0 bridgehead atoms. The number of nitriles is 1. The number of carbonyl (C=O) groups is 1. The Morgan fingerprint density at radius 1 is 1.12 bits per heavy atom. The van der Waals surface area contributed by atoms with Gasteiger partial charge in [0, 0.05) is 5.56 Å². The normalized spacial score (nSPS) is 10.4. The third kappa shape index (κ3) is 4.90. The SMILES string of the molecule is CCCCCCCc1ccc(C(=O)[O-])c(-c2ccc(C#N)c(F)c2)c1. The number of carboxylic acids is 1. The molecule has 2 aromatic carbocycles. The highest BCUT2D eigenvalue weighted by atomic mass is 19.1. The number of carbonyl (C=O) groups excluding carboxylic acids is 1. The van der Waals surface area contributed by atoms with E-state index in [0.29, 0.717) is 11.1 Å². The van der Waals surface area contributed by atoms with Crippen molar-refractivity contribution in [2.45, 2.75) is 45.4 Å². The number of rotatable bonds is 8. The van der Waals surface area contributed by atoms with E-state index >= 15 is 0 Å². The molecule has 0 radical (unpaired) electrons. The molecule has 0 aliphatic heterocycles. The second-order valence-corrected chi connectivity index (χ2v) is 6.14. The number of unbranched alkanes of at least 4 members (excludes halogenated alkanes) is 4. The van der Waals surface area contributed by atoms with Gasteiger partial charge in [0.25, 0.3) is 0 Å². The Labute approximate surface area is 147 Å². The minimum absolute atomic E-state index is 0.0267. The summed E-state index contributed by atoms with van der Waals surface area (Å²) in [5, 5.41) is 20.2. The molecule has 3 nitrogen and oxygen atoms in total. The Morgan fingerprint density at radius 3 is 2.52 bits per heavy atom. The quantitative estimate of drug-likeness (QED) is 0.676. The molecule has 4 heteroatoms. The van der Waals surface area contributed by atoms with Gasteiger partial charge in [-0.25, -0.2) is 4.39 Å². The topological polar surface area (TPSA) is 63.9 Å². The fourth-order valence-electron chi connectivity index (χ4n) is 2.87. The van der Waals surface area contributed by atoms with Crippen LogP contribution >= 0.6 is 0 Å². The standard InChI is InChI=1S/C21H22FNO2/c1-2-3-4-5-6-7-15-8-11-18(21(24)25)19(12-15)16-9-10-17(14-23)20(22)13-16/h8-13H,2-7H2,1H3,(H,24,25)/p-1. The fraction of sp³-hybridized carbons (Fsp3) is 0.333. The smallest absolute Gasteiger partial charge is 0.141 e. The van der Waals surface area contributed by atoms with Crippen LogP contribution in [0, 0.1) is 17.1 Å². The summed E-state index contributed by atoms with van der Waals surface area (Å²) in [5.74, 6) is -1.96. The lowest BCUT2D eigenvalue weighted by atomic mass is 9.94. The molecular weight excluding hydrogens is 317 g/mol. The van der Waals surface area contributed by atoms with E-state index < -0.39 is 11.8 Å². The molecule has 0 heterocycles. The zero-order valence-electron chi connectivity index (χ0n) is 14.3. The Kier molecular flexibility index (Phi) is 6.71. The molecular formula is C21H21FNO2-. The molecule has 0 saturated carbocycles. The Balaban J connectivity index is 2.28. The van der Waals surface area contributed by atoms with Crippen molar-refractivity contribution < 1.29 is 14.3 Å². The first-order valence-electron chi connectivity index (χ1n) is 8.61. The largest absolute Gasteiger partial charge is 0.545 e. The number of hydrogen-bond acceptors (Lipinski definition) is 3. The predicted molar refractivity (Wildman–Crippen MR) is 93.3 cm³/mol. The second kappa shape index (κ2) is 8.98. The molecule has 130 valence electrons. The van der Waals surface area contributed by atoms with Gasteiger partial charge in [-0.3, -0.25) is 0 Å². The van der Waals surface area contributed by atoms with Crippen LogP contribution < -0.4 is 5.11 Å². The average Bonchev–Trinajstić information content (AvgIpc) is 2.61. The molecule has 0 spiro atoms. The summed E-state index contributed by atoms with van der Waals surface area (Å²) in [5.41, 5.74) is 1.84. The molecule has 0 atom stereocenters. The molecule has 0 unspecified atom stereocenters. The number of benzene rings is 2. The maximum atomic E-state index is 13.9. The van der Waals surface area contributed by atoms with Gasteiger partial charge >= 0.3 is 0 Å². The zero-order valence-corrected chi connectivity index (χ0v) is 14.3. The van der Waals surface area contributed by atoms with E-state index in [2.05, 4.69) is 6.92 Å². The summed E-state index contributed by atoms with van der Waals surface area (Å²) in [6.07, 6.45) is 6.63. The lowest BCUT2D eigenvalue weighted by Gasteiger charge is -2.13. The van der Waals surface area contributed by atoms with E-state index in [0.717, 1.165) is 24.8 Å². The van der Waals surface area contributed by atoms with Crippen LogP contribution in [0.1, 0.15) is 60.5 Å². The first-order chi connectivity index (χ1) is 12.1. The molecule has 0 aliphatic carbocycles. The van der Waals surface area contributed by atoms with Gasteiger partial charge in [0.05, 0.1) is 11.5 Å². The Morgan fingerprint density at radius 2 is 1.88 bits per heavy atom. The lowest BCUT2D eigenvalue weighted by Crippen LogP contribution is -2.23. The van der Waals surface area contributed by atoms with E-state index in [1.54, 1.807) is 24.3 Å². The number of nitrogens with zero attached hydrogens (tertiary/aromatic N) is 1. The second-order valence-electron chi connectivity index (χ2n) is 6.14. The van der Waals surface area contributed by atoms with E-state index in [4.69, 9.17) is 5.26 Å². The summed E-state index contributed by atoms with van der Waals surface area (Å²) in [4.78, 5) is 11.4. The molecule has 2 aromatic rings. The number of aromatic carboxylic acids is 1. The summed E-state index contributed by atoms with van der Waals surface area (Å²) >= 11 is 0. The van der Waals surface area contributed by atoms with Crippen LogP contribution in [-0.4, -0.2) is 5.97 Å². The highest BCUT2D eigenvalue weighted by Crippen LogP contribution is 2.27. The predicted octanol–water partition coefficient (Wildman–Crippen LogP) is 4.24. The first-order valence-corrected chi connectivity index (χ1v) is 8.61. The van der Waals surface area contributed by atoms with Crippen LogP contribution in [0.25, 0.3) is 11.1 Å². The molecule has 2 rings (SSSR count). The van der Waals surface area contributed by atoms with Gasteiger partial charge < -0.3 is 9.90 Å². The molecule has 0 N–H and O–H groups in total. The minimum Gasteiger partial charge on any atom is -0.545 e. The van der Waals surface area contributed by atoms with Gasteiger partial charge in [-0.15, -0.1) is 0 Å². The van der Waals surface area contributed by atoms with Crippen LogP contribution in [0.15, 0.2) is 36.4 Å². The molecule has 0 fully saturated rings. The van der Waals surface area contributed by atoms with Crippen molar-refractivity contribution in [1.29, 1.82) is 5.26 Å². The van der Waals surface area contributed by atoms with Crippen molar-refractivity contribution in [1.82, 2.24) is 0 Å². The maximum Gasteiger partial charge on any atom is 0.141 e.